The zero-order valence-corrected chi connectivity index (χ0v) is 19.1. The van der Waals surface area contributed by atoms with Crippen LogP contribution in [0, 0.1) is 6.92 Å². The van der Waals surface area contributed by atoms with Crippen molar-refractivity contribution in [2.75, 3.05) is 25.1 Å². The van der Waals surface area contributed by atoms with E-state index in [2.05, 4.69) is 4.98 Å². The third-order valence-corrected chi connectivity index (χ3v) is 5.83. The largest absolute Gasteiger partial charge is 0.464 e. The van der Waals surface area contributed by atoms with E-state index in [0.29, 0.717) is 43.1 Å². The standard InChI is InChI=1S/C23H30F3N3O3/c1-14-19(20(31)32-5)27-21(22(2,3)4)29(14)13-15-6-7-16(12-18(15)23(24,25)26)28-10-8-17(30)9-11-28/h6-7,12,17,30H,8-11,13H2,1-5H3. The number of ether oxygens (including phenoxy) is 1. The van der Waals surface area contributed by atoms with Gasteiger partial charge in [-0.15, -0.1) is 0 Å². The summed E-state index contributed by atoms with van der Waals surface area (Å²) < 4.78 is 48.5. The van der Waals surface area contributed by atoms with Crippen molar-refractivity contribution in [3.63, 3.8) is 0 Å². The number of aliphatic hydroxyl groups is 1. The van der Waals surface area contributed by atoms with Crippen LogP contribution >= 0.6 is 0 Å². The Bertz CT molecular complexity index is 985. The molecule has 1 aliphatic heterocycles. The number of halogens is 3. The van der Waals surface area contributed by atoms with Crippen LogP contribution in [0.1, 0.15) is 66.7 Å². The number of piperidine rings is 1. The highest BCUT2D eigenvalue weighted by atomic mass is 19.4. The molecule has 2 aromatic rings. The number of aliphatic hydroxyl groups excluding tert-OH is 1. The number of rotatable bonds is 4. The number of esters is 1. The summed E-state index contributed by atoms with van der Waals surface area (Å²) in [6.45, 7) is 8.29. The number of nitrogens with zero attached hydrogens (tertiary/aromatic N) is 3. The van der Waals surface area contributed by atoms with Crippen molar-refractivity contribution in [1.82, 2.24) is 9.55 Å². The number of benzene rings is 1. The van der Waals surface area contributed by atoms with Crippen LogP contribution in [-0.4, -0.2) is 46.9 Å². The van der Waals surface area contributed by atoms with Crippen LogP contribution < -0.4 is 4.90 Å². The van der Waals surface area contributed by atoms with E-state index in [1.54, 1.807) is 17.6 Å². The van der Waals surface area contributed by atoms with E-state index in [0.717, 1.165) is 0 Å². The fraction of sp³-hybridized carbons (Fsp3) is 0.565. The van der Waals surface area contributed by atoms with Gasteiger partial charge < -0.3 is 19.3 Å². The van der Waals surface area contributed by atoms with Crippen LogP contribution in [0.5, 0.6) is 0 Å². The normalized spacial score (nSPS) is 15.8. The van der Waals surface area contributed by atoms with Crippen LogP contribution in [0.4, 0.5) is 18.9 Å². The molecule has 176 valence electrons. The van der Waals surface area contributed by atoms with Crippen molar-refractivity contribution in [3.8, 4) is 0 Å². The molecule has 2 heterocycles. The SMILES string of the molecule is COC(=O)c1nc(C(C)(C)C)n(Cc2ccc(N3CCC(O)CC3)cc2C(F)(F)F)c1C. The van der Waals surface area contributed by atoms with Gasteiger partial charge in [-0.2, -0.15) is 13.2 Å². The fourth-order valence-corrected chi connectivity index (χ4v) is 4.05. The lowest BCUT2D eigenvalue weighted by Gasteiger charge is -2.32. The smallest absolute Gasteiger partial charge is 0.416 e. The van der Waals surface area contributed by atoms with E-state index in [1.165, 1.54) is 19.2 Å². The van der Waals surface area contributed by atoms with E-state index in [9.17, 15) is 23.1 Å². The molecular formula is C23H30F3N3O3. The summed E-state index contributed by atoms with van der Waals surface area (Å²) in [5, 5.41) is 9.69. The van der Waals surface area contributed by atoms with Crippen molar-refractivity contribution in [2.24, 2.45) is 0 Å². The third-order valence-electron chi connectivity index (χ3n) is 5.83. The quantitative estimate of drug-likeness (QED) is 0.699. The highest BCUT2D eigenvalue weighted by Crippen LogP contribution is 2.36. The zero-order chi connectivity index (χ0) is 23.8. The minimum absolute atomic E-state index is 0.0731. The molecular weight excluding hydrogens is 423 g/mol. The lowest BCUT2D eigenvalue weighted by Crippen LogP contribution is -2.36. The summed E-state index contributed by atoms with van der Waals surface area (Å²) in [6, 6.07) is 4.36. The summed E-state index contributed by atoms with van der Waals surface area (Å²) in [4.78, 5) is 18.4. The predicted molar refractivity (Wildman–Crippen MR) is 115 cm³/mol. The lowest BCUT2D eigenvalue weighted by atomic mass is 9.95. The van der Waals surface area contributed by atoms with E-state index in [1.807, 2.05) is 25.7 Å². The van der Waals surface area contributed by atoms with Gasteiger partial charge in [-0.25, -0.2) is 9.78 Å². The molecule has 1 aliphatic rings. The maximum atomic E-state index is 14.0. The first-order valence-electron chi connectivity index (χ1n) is 10.6. The number of hydrogen-bond donors (Lipinski definition) is 1. The van der Waals surface area contributed by atoms with E-state index in [-0.39, 0.29) is 17.8 Å². The minimum atomic E-state index is -4.54. The Hall–Kier alpha value is -2.55. The summed E-state index contributed by atoms with van der Waals surface area (Å²) in [5.41, 5.74) is -0.0567. The Balaban J connectivity index is 2.05. The van der Waals surface area contributed by atoms with Gasteiger partial charge in [-0.05, 0) is 37.5 Å². The van der Waals surface area contributed by atoms with Gasteiger partial charge >= 0.3 is 12.1 Å². The van der Waals surface area contributed by atoms with Crippen molar-refractivity contribution < 1.29 is 27.8 Å². The first-order valence-corrected chi connectivity index (χ1v) is 10.6. The Kier molecular flexibility index (Phi) is 6.60. The Morgan fingerprint density at radius 1 is 1.22 bits per heavy atom. The molecule has 1 aromatic heterocycles. The van der Waals surface area contributed by atoms with Crippen LogP contribution in [0.3, 0.4) is 0 Å². The first kappa shape index (κ1) is 24.1. The highest BCUT2D eigenvalue weighted by Gasteiger charge is 2.35. The van der Waals surface area contributed by atoms with Crippen LogP contribution in [-0.2, 0) is 22.9 Å². The minimum Gasteiger partial charge on any atom is -0.464 e. The Morgan fingerprint density at radius 2 is 1.84 bits per heavy atom. The molecule has 0 atom stereocenters. The van der Waals surface area contributed by atoms with Crippen molar-refractivity contribution in [2.45, 2.75) is 64.8 Å². The number of alkyl halides is 3. The van der Waals surface area contributed by atoms with Crippen molar-refractivity contribution in [3.05, 3.63) is 46.5 Å². The molecule has 9 heteroatoms. The maximum Gasteiger partial charge on any atom is 0.416 e. The first-order chi connectivity index (χ1) is 14.8. The number of carbonyl (C=O) groups excluding carboxylic acids is 1. The fourth-order valence-electron chi connectivity index (χ4n) is 4.05. The molecule has 0 amide bonds. The van der Waals surface area contributed by atoms with Crippen LogP contribution in [0.15, 0.2) is 18.2 Å². The molecule has 0 bridgehead atoms. The molecule has 0 saturated carbocycles. The van der Waals surface area contributed by atoms with Gasteiger partial charge in [0.2, 0.25) is 0 Å². The number of aromatic nitrogens is 2. The monoisotopic (exact) mass is 453 g/mol. The van der Waals surface area contributed by atoms with Gasteiger partial charge in [0.25, 0.3) is 0 Å². The van der Waals surface area contributed by atoms with E-state index in [4.69, 9.17) is 4.74 Å². The number of hydrogen-bond acceptors (Lipinski definition) is 5. The zero-order valence-electron chi connectivity index (χ0n) is 19.1. The average molecular weight is 454 g/mol. The second-order valence-corrected chi connectivity index (χ2v) is 9.25. The summed E-state index contributed by atoms with van der Waals surface area (Å²) in [5.74, 6) is -0.108. The van der Waals surface area contributed by atoms with Gasteiger partial charge in [0, 0.05) is 36.4 Å². The molecule has 1 fully saturated rings. The van der Waals surface area contributed by atoms with Gasteiger partial charge in [-0.3, -0.25) is 0 Å². The molecule has 0 aliphatic carbocycles. The van der Waals surface area contributed by atoms with Crippen LogP contribution in [0.2, 0.25) is 0 Å². The number of carbonyl (C=O) groups is 1. The van der Waals surface area contributed by atoms with E-state index >= 15 is 0 Å². The molecule has 0 radical (unpaired) electrons. The lowest BCUT2D eigenvalue weighted by molar-refractivity contribution is -0.138. The van der Waals surface area contributed by atoms with Gasteiger partial charge in [-0.1, -0.05) is 26.8 Å². The molecule has 6 nitrogen and oxygen atoms in total. The molecule has 32 heavy (non-hydrogen) atoms. The summed E-state index contributed by atoms with van der Waals surface area (Å²) >= 11 is 0. The van der Waals surface area contributed by atoms with Crippen LogP contribution in [0.25, 0.3) is 0 Å². The van der Waals surface area contributed by atoms with Gasteiger partial charge in [0.05, 0.1) is 18.8 Å². The number of imidazole rings is 1. The van der Waals surface area contributed by atoms with Crippen molar-refractivity contribution >= 4 is 11.7 Å². The Labute approximate surface area is 186 Å². The predicted octanol–water partition coefficient (Wildman–Crippen LogP) is 4.30. The second kappa shape index (κ2) is 8.77. The molecule has 1 saturated heterocycles. The van der Waals surface area contributed by atoms with E-state index < -0.39 is 29.2 Å². The highest BCUT2D eigenvalue weighted by molar-refractivity contribution is 5.88. The summed E-state index contributed by atoms with van der Waals surface area (Å²) in [6.07, 6.45) is -3.88. The van der Waals surface area contributed by atoms with Crippen molar-refractivity contribution in [1.29, 1.82) is 0 Å². The Morgan fingerprint density at radius 3 is 2.38 bits per heavy atom. The maximum absolute atomic E-state index is 14.0. The topological polar surface area (TPSA) is 67.6 Å². The second-order valence-electron chi connectivity index (χ2n) is 9.25. The molecule has 0 unspecified atom stereocenters. The molecule has 1 N–H and O–H groups in total. The van der Waals surface area contributed by atoms with Gasteiger partial charge in [0.1, 0.15) is 5.82 Å². The number of methoxy groups -OCH3 is 1. The van der Waals surface area contributed by atoms with Gasteiger partial charge in [0.15, 0.2) is 5.69 Å². The third kappa shape index (κ3) is 4.92. The summed E-state index contributed by atoms with van der Waals surface area (Å²) in [7, 11) is 1.25. The molecule has 1 aromatic carbocycles. The number of anilines is 1. The molecule has 3 rings (SSSR count). The average Bonchev–Trinajstić information content (AvgIpc) is 3.04. The molecule has 0 spiro atoms.